The van der Waals surface area contributed by atoms with Gasteiger partial charge in [-0.3, -0.25) is 7.05 Å². The largest absolute Gasteiger partial charge is 3.00 e. The standard InChI is InChI=1S/C7H6F2O2.C4H9N.CH4O.CH3.Er/c8-7(9)11-6-3-1-2-5(10)4-6;1-3-4-5-2;1-2;;/h1-4,7,10H;5H,1-4H2;2H,1H3;1H3;/q;-2;;-1;+3. The molecule has 1 radical (unpaired) electrons. The average Bonchev–Trinajstić information content (AvgIpc) is 2.32. The van der Waals surface area contributed by atoms with Crippen molar-refractivity contribution < 1.29 is 61.0 Å². The van der Waals surface area contributed by atoms with Gasteiger partial charge in [-0.1, -0.05) is 12.6 Å². The van der Waals surface area contributed by atoms with E-state index >= 15 is 0 Å². The summed E-state index contributed by atoms with van der Waals surface area (Å²) in [5.41, 5.74) is 0. The second-order valence-electron chi connectivity index (χ2n) is 2.73. The fourth-order valence-electron chi connectivity index (χ4n) is 0.785. The molecule has 0 heterocycles. The molecule has 123 valence electrons. The number of ether oxygens (including phenoxy) is 1. The Labute approximate surface area is 149 Å². The summed E-state index contributed by atoms with van der Waals surface area (Å²) in [6.45, 7) is 1.64. The van der Waals surface area contributed by atoms with Crippen molar-refractivity contribution in [1.29, 1.82) is 0 Å². The second-order valence-corrected chi connectivity index (χ2v) is 2.73. The number of benzene rings is 1. The van der Waals surface area contributed by atoms with Crippen molar-refractivity contribution in [2.45, 2.75) is 13.0 Å². The number of aromatic hydroxyl groups is 1. The molecule has 7 heteroatoms. The van der Waals surface area contributed by atoms with Crippen molar-refractivity contribution in [1.82, 2.24) is 5.32 Å². The van der Waals surface area contributed by atoms with Crippen molar-refractivity contribution >= 4 is 0 Å². The van der Waals surface area contributed by atoms with Crippen LogP contribution in [-0.2, 0) is 0 Å². The molecule has 0 aromatic heterocycles. The van der Waals surface area contributed by atoms with Crippen LogP contribution in [0.1, 0.15) is 6.42 Å². The SMILES string of the molecule is CO.Oc1cccc(OC(F)F)c1.[CH2-]CCN[CH2-].[CH3-].[Er+3]. The van der Waals surface area contributed by atoms with Crippen LogP contribution in [0.5, 0.6) is 11.5 Å². The first-order chi connectivity index (χ1) is 8.60. The van der Waals surface area contributed by atoms with Gasteiger partial charge in [0.25, 0.3) is 0 Å². The molecule has 1 aromatic carbocycles. The Morgan fingerprint density at radius 2 is 1.90 bits per heavy atom. The topological polar surface area (TPSA) is 61.7 Å². The number of nitrogens with one attached hydrogen (secondary N) is 1. The third-order valence-corrected chi connectivity index (χ3v) is 1.40. The maximum Gasteiger partial charge on any atom is 3.00 e. The summed E-state index contributed by atoms with van der Waals surface area (Å²) in [6.07, 6.45) is 0.920. The van der Waals surface area contributed by atoms with E-state index in [0.717, 1.165) is 26.1 Å². The van der Waals surface area contributed by atoms with Gasteiger partial charge in [0.05, 0.1) is 0 Å². The quantitative estimate of drug-likeness (QED) is 0.624. The normalized spacial score (nSPS) is 7.95. The van der Waals surface area contributed by atoms with E-state index in [-0.39, 0.29) is 56.2 Å². The van der Waals surface area contributed by atoms with Gasteiger partial charge < -0.3 is 34.6 Å². The monoisotopic (exact) mass is 444 g/mol. The van der Waals surface area contributed by atoms with Crippen molar-refractivity contribution in [3.8, 4) is 11.5 Å². The number of phenolic OH excluding ortho intramolecular Hbond substituents is 1. The number of phenols is 1. The van der Waals surface area contributed by atoms with Gasteiger partial charge in [0.15, 0.2) is 0 Å². The minimum absolute atomic E-state index is 0. The zero-order chi connectivity index (χ0) is 14.4. The number of hydrogen-bond acceptors (Lipinski definition) is 4. The van der Waals surface area contributed by atoms with Gasteiger partial charge in [-0.25, -0.2) is 0 Å². The minimum Gasteiger partial charge on any atom is -0.508 e. The van der Waals surface area contributed by atoms with E-state index in [1.54, 1.807) is 0 Å². The first-order valence-corrected chi connectivity index (χ1v) is 5.08. The Kier molecular flexibility index (Phi) is 29.7. The Hall–Kier alpha value is -0.153. The van der Waals surface area contributed by atoms with Gasteiger partial charge in [0, 0.05) is 13.2 Å². The maximum absolute atomic E-state index is 11.5. The molecule has 0 aliphatic carbocycles. The summed E-state index contributed by atoms with van der Waals surface area (Å²) in [4.78, 5) is 0. The summed E-state index contributed by atoms with van der Waals surface area (Å²) in [5.74, 6) is -0.136. The Balaban J connectivity index is -0.000000124. The molecule has 0 aliphatic heterocycles. The van der Waals surface area contributed by atoms with E-state index in [1.807, 2.05) is 0 Å². The summed E-state index contributed by atoms with van der Waals surface area (Å²) < 4.78 is 27.1. The van der Waals surface area contributed by atoms with Crippen LogP contribution < -0.4 is 10.1 Å². The van der Waals surface area contributed by atoms with Crippen molar-refractivity contribution in [3.63, 3.8) is 0 Å². The smallest absolute Gasteiger partial charge is 0.508 e. The average molecular weight is 446 g/mol. The van der Waals surface area contributed by atoms with Crippen LogP contribution in [-0.4, -0.2) is 30.5 Å². The number of rotatable bonds is 4. The molecule has 4 nitrogen and oxygen atoms in total. The number of hydrogen-bond donors (Lipinski definition) is 3. The maximum atomic E-state index is 11.5. The van der Waals surface area contributed by atoms with Crippen molar-refractivity contribution in [2.24, 2.45) is 0 Å². The van der Waals surface area contributed by atoms with Crippen LogP contribution in [0.2, 0.25) is 0 Å². The zero-order valence-electron chi connectivity index (χ0n) is 11.6. The first-order valence-electron chi connectivity index (χ1n) is 5.08. The van der Waals surface area contributed by atoms with Crippen LogP contribution >= 0.6 is 0 Å². The summed E-state index contributed by atoms with van der Waals surface area (Å²) in [6, 6.07) is 5.25. The number of aliphatic hydroxyl groups is 1. The Bertz CT molecular complexity index is 290. The molecule has 1 aromatic rings. The van der Waals surface area contributed by atoms with Gasteiger partial charge in [0.2, 0.25) is 0 Å². The van der Waals surface area contributed by atoms with Crippen LogP contribution in [0.15, 0.2) is 24.3 Å². The third-order valence-electron chi connectivity index (χ3n) is 1.40. The molecule has 0 fully saturated rings. The Morgan fingerprint density at radius 1 is 1.35 bits per heavy atom. The van der Waals surface area contributed by atoms with Gasteiger partial charge in [-0.05, 0) is 12.1 Å². The minimum atomic E-state index is -2.85. The van der Waals surface area contributed by atoms with Gasteiger partial charge in [0.1, 0.15) is 11.5 Å². The van der Waals surface area contributed by atoms with Crippen LogP contribution in [0.4, 0.5) is 8.78 Å². The Morgan fingerprint density at radius 3 is 2.20 bits per heavy atom. The molecule has 20 heavy (non-hydrogen) atoms. The number of aliphatic hydroxyl groups excluding tert-OH is 1. The van der Waals surface area contributed by atoms with Crippen molar-refractivity contribution in [3.05, 3.63) is 45.7 Å². The van der Waals surface area contributed by atoms with Gasteiger partial charge >= 0.3 is 43.9 Å². The van der Waals surface area contributed by atoms with Gasteiger partial charge in [-0.15, -0.1) is 0 Å². The number of alkyl halides is 2. The third kappa shape index (κ3) is 20.2. The fourth-order valence-corrected chi connectivity index (χ4v) is 0.785. The van der Waals surface area contributed by atoms with Gasteiger partial charge in [-0.2, -0.15) is 15.2 Å². The van der Waals surface area contributed by atoms with E-state index in [0.29, 0.717) is 0 Å². The molecule has 1 rings (SSSR count). The van der Waals surface area contributed by atoms with E-state index in [2.05, 4.69) is 24.0 Å². The summed E-state index contributed by atoms with van der Waals surface area (Å²) in [5, 5.41) is 18.5. The molecular formula is C13H22ErF2NO3. The zero-order valence-corrected chi connectivity index (χ0v) is 13.4. The molecule has 0 saturated heterocycles. The molecule has 0 atom stereocenters. The molecule has 0 spiro atoms. The molecule has 0 saturated carbocycles. The van der Waals surface area contributed by atoms with E-state index in [4.69, 9.17) is 10.2 Å². The molecule has 0 bridgehead atoms. The van der Waals surface area contributed by atoms with E-state index < -0.39 is 6.61 Å². The number of halogens is 2. The summed E-state index contributed by atoms with van der Waals surface area (Å²) in [7, 11) is 4.39. The first kappa shape index (κ1) is 28.1. The predicted octanol–water partition coefficient (Wildman–Crippen LogP) is 2.64. The molecule has 3 N–H and O–H groups in total. The van der Waals surface area contributed by atoms with E-state index in [9.17, 15) is 8.78 Å². The van der Waals surface area contributed by atoms with Crippen molar-refractivity contribution in [2.75, 3.05) is 13.7 Å². The molecule has 0 aliphatic rings. The van der Waals surface area contributed by atoms with Crippen LogP contribution in [0.3, 0.4) is 0 Å². The van der Waals surface area contributed by atoms with Crippen LogP contribution in [0.25, 0.3) is 0 Å². The van der Waals surface area contributed by atoms with E-state index in [1.165, 1.54) is 18.2 Å². The van der Waals surface area contributed by atoms with Crippen LogP contribution in [0, 0.1) is 58.7 Å². The summed E-state index contributed by atoms with van der Waals surface area (Å²) >= 11 is 0. The predicted molar refractivity (Wildman–Crippen MR) is 72.6 cm³/mol. The second kappa shape index (κ2) is 21.2. The molecular weight excluding hydrogens is 423 g/mol. The molecule has 0 unspecified atom stereocenters. The molecule has 0 amide bonds. The fraction of sp³-hybridized carbons (Fsp3) is 0.308.